The van der Waals surface area contributed by atoms with Gasteiger partial charge in [0.15, 0.2) is 5.75 Å². The van der Waals surface area contributed by atoms with Gasteiger partial charge < -0.3 is 9.47 Å². The van der Waals surface area contributed by atoms with Crippen molar-refractivity contribution in [2.45, 2.75) is 0 Å². The molecule has 0 unspecified atom stereocenters. The number of esters is 1. The predicted molar refractivity (Wildman–Crippen MR) is 43.2 cm³/mol. The summed E-state index contributed by atoms with van der Waals surface area (Å²) >= 11 is 0. The summed E-state index contributed by atoms with van der Waals surface area (Å²) in [5.41, 5.74) is 0. The molecule has 0 saturated carbocycles. The summed E-state index contributed by atoms with van der Waals surface area (Å²) < 4.78 is 11.5. The monoisotopic (exact) mass is 182 g/mol. The summed E-state index contributed by atoms with van der Waals surface area (Å²) in [7, 11) is 1.77. The number of aryl methyl sites for hydroxylation is 1. The van der Waals surface area contributed by atoms with Crippen LogP contribution in [0.5, 0.6) is 5.75 Å². The van der Waals surface area contributed by atoms with Gasteiger partial charge in [-0.3, -0.25) is 9.48 Å². The summed E-state index contributed by atoms with van der Waals surface area (Å²) in [6.07, 6.45) is 3.16. The van der Waals surface area contributed by atoms with E-state index in [0.29, 0.717) is 19.0 Å². The van der Waals surface area contributed by atoms with Crippen LogP contribution < -0.4 is 4.74 Å². The largest absolute Gasteiger partial charge is 0.423 e. The van der Waals surface area contributed by atoms with Crippen LogP contribution in [0.25, 0.3) is 0 Å². The summed E-state index contributed by atoms with van der Waals surface area (Å²) in [4.78, 5) is 11.3. The quantitative estimate of drug-likeness (QED) is 0.603. The average molecular weight is 182 g/mol. The van der Waals surface area contributed by atoms with E-state index in [1.54, 1.807) is 17.9 Å². The van der Waals surface area contributed by atoms with Crippen LogP contribution in [-0.2, 0) is 16.6 Å². The maximum Gasteiger partial charge on any atom is 0.319 e. The molecular formula is C8H10N2O3. The van der Waals surface area contributed by atoms with Crippen LogP contribution in [0.4, 0.5) is 0 Å². The van der Waals surface area contributed by atoms with Gasteiger partial charge in [0.05, 0.1) is 25.6 Å². The minimum Gasteiger partial charge on any atom is -0.423 e. The van der Waals surface area contributed by atoms with Gasteiger partial charge in [-0.25, -0.2) is 0 Å². The van der Waals surface area contributed by atoms with Gasteiger partial charge in [-0.1, -0.05) is 0 Å². The molecule has 2 heterocycles. The molecule has 0 N–H and O–H groups in total. The second-order valence-electron chi connectivity index (χ2n) is 3.01. The highest BCUT2D eigenvalue weighted by atomic mass is 16.6. The van der Waals surface area contributed by atoms with Crippen LogP contribution in [0.2, 0.25) is 0 Å². The van der Waals surface area contributed by atoms with Crippen molar-refractivity contribution in [3.05, 3.63) is 12.4 Å². The van der Waals surface area contributed by atoms with Crippen LogP contribution in [0, 0.1) is 5.92 Å². The van der Waals surface area contributed by atoms with Crippen LogP contribution in [0.15, 0.2) is 12.4 Å². The normalized spacial score (nSPS) is 16.7. The van der Waals surface area contributed by atoms with Gasteiger partial charge >= 0.3 is 5.97 Å². The maximum atomic E-state index is 11.3. The number of carbonyl (C=O) groups is 1. The lowest BCUT2D eigenvalue weighted by Gasteiger charge is -2.23. The van der Waals surface area contributed by atoms with E-state index in [2.05, 4.69) is 5.10 Å². The lowest BCUT2D eigenvalue weighted by Crippen LogP contribution is -2.37. The molecule has 5 heteroatoms. The third-order valence-corrected chi connectivity index (χ3v) is 1.87. The molecule has 1 fully saturated rings. The van der Waals surface area contributed by atoms with Crippen LogP contribution >= 0.6 is 0 Å². The highest BCUT2D eigenvalue weighted by Crippen LogP contribution is 2.15. The van der Waals surface area contributed by atoms with E-state index in [1.165, 1.54) is 6.20 Å². The molecule has 1 aliphatic heterocycles. The van der Waals surface area contributed by atoms with Crippen molar-refractivity contribution < 1.29 is 14.3 Å². The molecule has 1 aliphatic rings. The molecule has 70 valence electrons. The summed E-state index contributed by atoms with van der Waals surface area (Å²) in [5.74, 6) is 0.152. The number of aromatic nitrogens is 2. The summed E-state index contributed by atoms with van der Waals surface area (Å²) in [6, 6.07) is 0. The maximum absolute atomic E-state index is 11.3. The second kappa shape index (κ2) is 3.18. The SMILES string of the molecule is Cn1cc(OC(=O)C2COC2)cn1. The Morgan fingerprint density at radius 2 is 2.54 bits per heavy atom. The Bertz CT molecular complexity index is 317. The molecule has 1 aromatic rings. The first-order valence-corrected chi connectivity index (χ1v) is 4.04. The van der Waals surface area contributed by atoms with Gasteiger partial charge in [0, 0.05) is 7.05 Å². The lowest BCUT2D eigenvalue weighted by atomic mass is 10.1. The van der Waals surface area contributed by atoms with Gasteiger partial charge in [-0.2, -0.15) is 5.10 Å². The summed E-state index contributed by atoms with van der Waals surface area (Å²) in [6.45, 7) is 0.943. The van der Waals surface area contributed by atoms with E-state index in [-0.39, 0.29) is 11.9 Å². The van der Waals surface area contributed by atoms with Crippen LogP contribution in [0.3, 0.4) is 0 Å². The predicted octanol–water partition coefficient (Wildman–Crippen LogP) is -0.0281. The number of carbonyl (C=O) groups excluding carboxylic acids is 1. The van der Waals surface area contributed by atoms with E-state index in [0.717, 1.165) is 0 Å². The zero-order valence-electron chi connectivity index (χ0n) is 7.27. The van der Waals surface area contributed by atoms with Gasteiger partial charge in [0.1, 0.15) is 5.92 Å². The van der Waals surface area contributed by atoms with Crippen molar-refractivity contribution in [3.8, 4) is 5.75 Å². The van der Waals surface area contributed by atoms with Crippen LogP contribution in [-0.4, -0.2) is 29.0 Å². The molecule has 0 aromatic carbocycles. The van der Waals surface area contributed by atoms with Crippen molar-refractivity contribution in [2.24, 2.45) is 13.0 Å². The van der Waals surface area contributed by atoms with Gasteiger partial charge in [0.2, 0.25) is 0 Å². The average Bonchev–Trinajstić information content (AvgIpc) is 2.31. The van der Waals surface area contributed by atoms with E-state index in [1.807, 2.05) is 0 Å². The van der Waals surface area contributed by atoms with E-state index < -0.39 is 0 Å². The fourth-order valence-electron chi connectivity index (χ4n) is 1.02. The lowest BCUT2D eigenvalue weighted by molar-refractivity contribution is -0.153. The fourth-order valence-corrected chi connectivity index (χ4v) is 1.02. The van der Waals surface area contributed by atoms with Crippen molar-refractivity contribution in [3.63, 3.8) is 0 Å². The fraction of sp³-hybridized carbons (Fsp3) is 0.500. The van der Waals surface area contributed by atoms with Crippen LogP contribution in [0.1, 0.15) is 0 Å². The second-order valence-corrected chi connectivity index (χ2v) is 3.01. The van der Waals surface area contributed by atoms with E-state index in [9.17, 15) is 4.79 Å². The molecule has 0 radical (unpaired) electrons. The number of ether oxygens (including phenoxy) is 2. The standard InChI is InChI=1S/C8H10N2O3/c1-10-3-7(2-9-10)13-8(11)6-4-12-5-6/h2-3,6H,4-5H2,1H3. The van der Waals surface area contributed by atoms with Gasteiger partial charge in [0.25, 0.3) is 0 Å². The molecule has 0 atom stereocenters. The minimum atomic E-state index is -0.237. The van der Waals surface area contributed by atoms with Crippen molar-refractivity contribution in [2.75, 3.05) is 13.2 Å². The van der Waals surface area contributed by atoms with E-state index >= 15 is 0 Å². The van der Waals surface area contributed by atoms with Crippen molar-refractivity contribution >= 4 is 5.97 Å². The Morgan fingerprint density at radius 1 is 1.77 bits per heavy atom. The molecule has 13 heavy (non-hydrogen) atoms. The van der Waals surface area contributed by atoms with E-state index in [4.69, 9.17) is 9.47 Å². The molecule has 0 bridgehead atoms. The van der Waals surface area contributed by atoms with Gasteiger partial charge in [-0.15, -0.1) is 0 Å². The highest BCUT2D eigenvalue weighted by molar-refractivity contribution is 5.75. The van der Waals surface area contributed by atoms with Crippen molar-refractivity contribution in [1.82, 2.24) is 9.78 Å². The topological polar surface area (TPSA) is 53.4 Å². The third kappa shape index (κ3) is 1.70. The molecule has 1 saturated heterocycles. The summed E-state index contributed by atoms with van der Waals surface area (Å²) in [5, 5.41) is 3.88. The molecule has 0 amide bonds. The molecular weight excluding hydrogens is 172 g/mol. The van der Waals surface area contributed by atoms with Crippen molar-refractivity contribution in [1.29, 1.82) is 0 Å². The number of hydrogen-bond acceptors (Lipinski definition) is 4. The molecule has 0 spiro atoms. The molecule has 5 nitrogen and oxygen atoms in total. The zero-order valence-corrected chi connectivity index (χ0v) is 7.27. The minimum absolute atomic E-state index is 0.0970. The number of hydrogen-bond donors (Lipinski definition) is 0. The Kier molecular flexibility index (Phi) is 2.02. The number of nitrogens with zero attached hydrogens (tertiary/aromatic N) is 2. The highest BCUT2D eigenvalue weighted by Gasteiger charge is 2.28. The number of rotatable bonds is 2. The Hall–Kier alpha value is -1.36. The Labute approximate surface area is 75.2 Å². The smallest absolute Gasteiger partial charge is 0.319 e. The first-order chi connectivity index (χ1) is 6.25. The zero-order chi connectivity index (χ0) is 9.26. The molecule has 0 aliphatic carbocycles. The molecule has 1 aromatic heterocycles. The molecule has 2 rings (SSSR count). The Morgan fingerprint density at radius 3 is 3.00 bits per heavy atom. The first kappa shape index (κ1) is 8.25. The third-order valence-electron chi connectivity index (χ3n) is 1.87. The Balaban J connectivity index is 1.93. The van der Waals surface area contributed by atoms with Gasteiger partial charge in [-0.05, 0) is 0 Å². The first-order valence-electron chi connectivity index (χ1n) is 4.04.